The lowest BCUT2D eigenvalue weighted by Gasteiger charge is -2.25. The highest BCUT2D eigenvalue weighted by atomic mass is 16.3. The lowest BCUT2D eigenvalue weighted by atomic mass is 9.92. The molecule has 0 spiro atoms. The molecular weight excluding hydrogens is 639 g/mol. The summed E-state index contributed by atoms with van der Waals surface area (Å²) in [6.07, 6.45) is -0.375. The lowest BCUT2D eigenvalue weighted by Crippen LogP contribution is -2.34. The van der Waals surface area contributed by atoms with Crippen LogP contribution >= 0.6 is 0 Å². The standard InChI is InChI=1S/C47H29N3O2/c1-2-12-30(13-3-1)45-48-46(33-19-18-28-10-4-5-14-31(28)26-33)50-47(49-45)44-35(22-25-41-43(44)36-16-8-9-17-38(36)51-41)32-21-23-39-37(27-32)42-34-15-7-6-11-29(34)20-24-40(42)52-39/h1-27,46H,(H,48,49,50). The molecule has 8 aromatic carbocycles. The summed E-state index contributed by atoms with van der Waals surface area (Å²) < 4.78 is 12.9. The van der Waals surface area contributed by atoms with E-state index in [0.717, 1.165) is 77.5 Å². The van der Waals surface area contributed by atoms with Crippen LogP contribution in [0, 0.1) is 0 Å². The van der Waals surface area contributed by atoms with E-state index in [4.69, 9.17) is 18.8 Å². The highest BCUT2D eigenvalue weighted by Crippen LogP contribution is 2.41. The lowest BCUT2D eigenvalue weighted by molar-refractivity contribution is 0.667. The maximum atomic E-state index is 6.48. The number of para-hydroxylation sites is 1. The van der Waals surface area contributed by atoms with Gasteiger partial charge >= 0.3 is 0 Å². The van der Waals surface area contributed by atoms with Crippen LogP contribution in [0.25, 0.3) is 76.5 Å². The predicted octanol–water partition coefficient (Wildman–Crippen LogP) is 12.0. The van der Waals surface area contributed by atoms with Crippen molar-refractivity contribution in [3.63, 3.8) is 0 Å². The molecule has 52 heavy (non-hydrogen) atoms. The van der Waals surface area contributed by atoms with E-state index in [0.29, 0.717) is 5.84 Å². The first-order valence-corrected chi connectivity index (χ1v) is 17.5. The maximum Gasteiger partial charge on any atom is 0.159 e. The van der Waals surface area contributed by atoms with Crippen molar-refractivity contribution in [1.29, 1.82) is 0 Å². The van der Waals surface area contributed by atoms with Crippen LogP contribution < -0.4 is 5.32 Å². The largest absolute Gasteiger partial charge is 0.456 e. The molecule has 5 nitrogen and oxygen atoms in total. The molecule has 1 atom stereocenters. The zero-order valence-electron chi connectivity index (χ0n) is 27.9. The van der Waals surface area contributed by atoms with E-state index in [2.05, 4.69) is 139 Å². The molecule has 0 bridgehead atoms. The van der Waals surface area contributed by atoms with Gasteiger partial charge in [0.2, 0.25) is 0 Å². The molecule has 0 saturated heterocycles. The second-order valence-electron chi connectivity index (χ2n) is 13.4. The van der Waals surface area contributed by atoms with Crippen molar-refractivity contribution < 1.29 is 8.83 Å². The van der Waals surface area contributed by atoms with Crippen molar-refractivity contribution in [3.05, 3.63) is 180 Å². The fraction of sp³-hybridized carbons (Fsp3) is 0.0213. The van der Waals surface area contributed by atoms with Crippen LogP contribution in [0.4, 0.5) is 0 Å². The van der Waals surface area contributed by atoms with E-state index in [9.17, 15) is 0 Å². The molecule has 1 aliphatic heterocycles. The number of fused-ring (bicyclic) bond motifs is 9. The molecule has 0 amide bonds. The van der Waals surface area contributed by atoms with E-state index < -0.39 is 0 Å². The average Bonchev–Trinajstić information content (AvgIpc) is 3.79. The number of furan rings is 2. The fourth-order valence-corrected chi connectivity index (χ4v) is 7.86. The van der Waals surface area contributed by atoms with Crippen molar-refractivity contribution >= 4 is 77.1 Å². The van der Waals surface area contributed by atoms with Gasteiger partial charge in [-0.15, -0.1) is 0 Å². The predicted molar refractivity (Wildman–Crippen MR) is 213 cm³/mol. The quantitative estimate of drug-likeness (QED) is 0.203. The van der Waals surface area contributed by atoms with Gasteiger partial charge in [0.25, 0.3) is 0 Å². The zero-order valence-corrected chi connectivity index (χ0v) is 27.9. The normalized spacial score (nSPS) is 14.7. The van der Waals surface area contributed by atoms with Gasteiger partial charge in [-0.3, -0.25) is 0 Å². The van der Waals surface area contributed by atoms with Gasteiger partial charge in [-0.05, 0) is 80.7 Å². The number of nitrogens with zero attached hydrogens (tertiary/aromatic N) is 2. The van der Waals surface area contributed by atoms with E-state index in [1.54, 1.807) is 0 Å². The van der Waals surface area contributed by atoms with Gasteiger partial charge in [-0.1, -0.05) is 121 Å². The summed E-state index contributed by atoms with van der Waals surface area (Å²) in [4.78, 5) is 10.5. The average molecular weight is 668 g/mol. The summed E-state index contributed by atoms with van der Waals surface area (Å²) in [7, 11) is 0. The summed E-state index contributed by atoms with van der Waals surface area (Å²) >= 11 is 0. The number of amidine groups is 2. The monoisotopic (exact) mass is 667 g/mol. The molecule has 244 valence electrons. The second kappa shape index (κ2) is 11.3. The first-order valence-electron chi connectivity index (χ1n) is 17.5. The highest BCUT2D eigenvalue weighted by molar-refractivity contribution is 6.25. The first-order chi connectivity index (χ1) is 25.7. The Balaban J connectivity index is 1.18. The van der Waals surface area contributed by atoms with Crippen LogP contribution in [-0.2, 0) is 0 Å². The van der Waals surface area contributed by atoms with Gasteiger partial charge in [0.05, 0.1) is 0 Å². The minimum atomic E-state index is -0.375. The summed E-state index contributed by atoms with van der Waals surface area (Å²) in [6.45, 7) is 0. The maximum absolute atomic E-state index is 6.48. The molecule has 11 rings (SSSR count). The van der Waals surface area contributed by atoms with Gasteiger partial charge in [-0.2, -0.15) is 0 Å². The minimum absolute atomic E-state index is 0.375. The molecular formula is C47H29N3O2. The smallest absolute Gasteiger partial charge is 0.159 e. The Kier molecular flexibility index (Phi) is 6.25. The summed E-state index contributed by atoms with van der Waals surface area (Å²) in [5.41, 5.74) is 8.44. The van der Waals surface area contributed by atoms with E-state index >= 15 is 0 Å². The number of hydrogen-bond acceptors (Lipinski definition) is 5. The Morgan fingerprint density at radius 3 is 2.02 bits per heavy atom. The Morgan fingerprint density at radius 1 is 0.462 bits per heavy atom. The minimum Gasteiger partial charge on any atom is -0.456 e. The molecule has 2 aromatic heterocycles. The molecule has 1 N–H and O–H groups in total. The second-order valence-corrected chi connectivity index (χ2v) is 13.4. The topological polar surface area (TPSA) is 63.0 Å². The van der Waals surface area contributed by atoms with Crippen LogP contribution in [0.15, 0.2) is 183 Å². The van der Waals surface area contributed by atoms with Crippen LogP contribution in [0.5, 0.6) is 0 Å². The molecule has 3 heterocycles. The summed E-state index contributed by atoms with van der Waals surface area (Å²) in [6, 6.07) is 56.9. The van der Waals surface area contributed by atoms with Crippen molar-refractivity contribution in [1.82, 2.24) is 5.32 Å². The summed E-state index contributed by atoms with van der Waals surface area (Å²) in [5.74, 6) is 1.41. The van der Waals surface area contributed by atoms with E-state index in [1.807, 2.05) is 30.3 Å². The number of benzene rings is 8. The molecule has 10 aromatic rings. The summed E-state index contributed by atoms with van der Waals surface area (Å²) in [5, 5.41) is 12.7. The van der Waals surface area contributed by atoms with Crippen LogP contribution in [0.3, 0.4) is 0 Å². The molecule has 1 aliphatic rings. The van der Waals surface area contributed by atoms with Gasteiger partial charge < -0.3 is 14.2 Å². The van der Waals surface area contributed by atoms with Crippen molar-refractivity contribution in [2.75, 3.05) is 0 Å². The molecule has 1 unspecified atom stereocenters. The van der Waals surface area contributed by atoms with Gasteiger partial charge in [0, 0.05) is 32.7 Å². The van der Waals surface area contributed by atoms with Crippen molar-refractivity contribution in [2.45, 2.75) is 6.17 Å². The number of nitrogens with one attached hydrogen (secondary N) is 1. The molecule has 0 aliphatic carbocycles. The Morgan fingerprint density at radius 2 is 1.13 bits per heavy atom. The fourth-order valence-electron chi connectivity index (χ4n) is 7.86. The first kappa shape index (κ1) is 28.8. The molecule has 5 heteroatoms. The zero-order chi connectivity index (χ0) is 34.2. The third-order valence-corrected chi connectivity index (χ3v) is 10.3. The highest BCUT2D eigenvalue weighted by Gasteiger charge is 2.27. The SMILES string of the molecule is c1ccc(C2=NC(c3ccc4ccccc4c3)NC(c3c(-c4ccc5oc6ccc7ccccc7c6c5c4)ccc4oc5ccccc5c34)=N2)cc1. The van der Waals surface area contributed by atoms with Gasteiger partial charge in [0.15, 0.2) is 5.84 Å². The van der Waals surface area contributed by atoms with Gasteiger partial charge in [0.1, 0.15) is 34.3 Å². The number of rotatable bonds is 4. The Hall–Kier alpha value is -6.98. The Labute approximate surface area is 298 Å². The molecule has 0 radical (unpaired) electrons. The van der Waals surface area contributed by atoms with Gasteiger partial charge in [-0.25, -0.2) is 9.98 Å². The van der Waals surface area contributed by atoms with E-state index in [1.165, 1.54) is 21.5 Å². The van der Waals surface area contributed by atoms with Crippen LogP contribution in [0.1, 0.15) is 22.9 Å². The van der Waals surface area contributed by atoms with Crippen LogP contribution in [0.2, 0.25) is 0 Å². The van der Waals surface area contributed by atoms with Crippen molar-refractivity contribution in [2.24, 2.45) is 9.98 Å². The van der Waals surface area contributed by atoms with Crippen LogP contribution in [-0.4, -0.2) is 11.7 Å². The van der Waals surface area contributed by atoms with E-state index in [-0.39, 0.29) is 6.17 Å². The van der Waals surface area contributed by atoms with Crippen molar-refractivity contribution in [3.8, 4) is 11.1 Å². The third-order valence-electron chi connectivity index (χ3n) is 10.3. The third kappa shape index (κ3) is 4.49. The number of aliphatic imine (C=N–C) groups is 2. The number of hydrogen-bond donors (Lipinski definition) is 1. The Bertz CT molecular complexity index is 3110. The molecule has 0 saturated carbocycles. The molecule has 0 fully saturated rings.